The highest BCUT2D eigenvalue weighted by atomic mass is 16.5. The Hall–Kier alpha value is -4.78. The third-order valence-corrected chi connectivity index (χ3v) is 5.27. The summed E-state index contributed by atoms with van der Waals surface area (Å²) in [4.78, 5) is 25.3. The minimum absolute atomic E-state index is 0.164. The summed E-state index contributed by atoms with van der Waals surface area (Å²) >= 11 is 0. The Balaban J connectivity index is 1.26. The summed E-state index contributed by atoms with van der Waals surface area (Å²) in [6.45, 7) is 0.289. The molecule has 0 aliphatic carbocycles. The number of rotatable bonds is 5. The Morgan fingerprint density at radius 3 is 2.56 bits per heavy atom. The number of hydrogen-bond donors (Lipinski definition) is 3. The van der Waals surface area contributed by atoms with Gasteiger partial charge in [-0.15, -0.1) is 0 Å². The number of phenols is 1. The van der Waals surface area contributed by atoms with Crippen molar-refractivity contribution in [2.45, 2.75) is 6.54 Å². The number of amides is 2. The quantitative estimate of drug-likeness (QED) is 0.373. The van der Waals surface area contributed by atoms with Gasteiger partial charge in [0.15, 0.2) is 5.75 Å². The number of nitrogens with one attached hydrogen (secondary N) is 2. The van der Waals surface area contributed by atoms with Gasteiger partial charge in [0.1, 0.15) is 23.0 Å². The van der Waals surface area contributed by atoms with Gasteiger partial charge in [-0.25, -0.2) is 0 Å². The summed E-state index contributed by atoms with van der Waals surface area (Å²) in [5, 5.41) is 15.1. The molecular weight excluding hydrogens is 432 g/mol. The van der Waals surface area contributed by atoms with E-state index in [0.717, 1.165) is 5.56 Å². The molecule has 1 aliphatic rings. The van der Waals surface area contributed by atoms with Gasteiger partial charge in [-0.2, -0.15) is 0 Å². The number of ether oxygens (including phenoxy) is 2. The molecule has 1 aliphatic heterocycles. The van der Waals surface area contributed by atoms with Crippen molar-refractivity contribution in [3.63, 3.8) is 0 Å². The Kier molecular flexibility index (Phi) is 5.58. The zero-order valence-electron chi connectivity index (χ0n) is 17.9. The molecule has 0 bridgehead atoms. The molecule has 0 atom stereocenters. The second kappa shape index (κ2) is 8.99. The number of fused-ring (bicyclic) bond motifs is 2. The number of benzene rings is 4. The van der Waals surface area contributed by atoms with Crippen LogP contribution in [0.4, 0.5) is 5.69 Å². The topological polar surface area (TPSA) is 96.9 Å². The first-order valence-corrected chi connectivity index (χ1v) is 10.6. The van der Waals surface area contributed by atoms with Crippen LogP contribution >= 0.6 is 0 Å². The number of phenolic OH excluding ortho intramolecular Hbond substituents is 1. The van der Waals surface area contributed by atoms with E-state index in [1.165, 1.54) is 0 Å². The molecule has 4 aromatic carbocycles. The minimum Gasteiger partial charge on any atom is -0.508 e. The average Bonchev–Trinajstić information content (AvgIpc) is 2.99. The van der Waals surface area contributed by atoms with Gasteiger partial charge in [0.25, 0.3) is 11.8 Å². The lowest BCUT2D eigenvalue weighted by Gasteiger charge is -2.11. The normalized spacial score (nSPS) is 11.8. The van der Waals surface area contributed by atoms with Crippen molar-refractivity contribution in [2.24, 2.45) is 0 Å². The summed E-state index contributed by atoms with van der Waals surface area (Å²) in [7, 11) is 0. The monoisotopic (exact) mass is 452 g/mol. The highest BCUT2D eigenvalue weighted by molar-refractivity contribution is 6.08. The van der Waals surface area contributed by atoms with Gasteiger partial charge in [0.05, 0.1) is 11.3 Å². The first-order valence-electron chi connectivity index (χ1n) is 10.6. The Morgan fingerprint density at radius 2 is 1.71 bits per heavy atom. The maximum Gasteiger partial charge on any atom is 0.259 e. The van der Waals surface area contributed by atoms with Crippen LogP contribution < -0.4 is 20.1 Å². The Morgan fingerprint density at radius 1 is 0.882 bits per heavy atom. The molecule has 4 aromatic rings. The number of anilines is 1. The van der Waals surface area contributed by atoms with Gasteiger partial charge in [-0.1, -0.05) is 24.3 Å². The summed E-state index contributed by atoms with van der Waals surface area (Å²) in [5.41, 5.74) is 2.11. The lowest BCUT2D eigenvalue weighted by molar-refractivity contribution is 0.0949. The van der Waals surface area contributed by atoms with Crippen LogP contribution in [0.15, 0.2) is 91.0 Å². The predicted molar refractivity (Wildman–Crippen MR) is 127 cm³/mol. The first kappa shape index (κ1) is 21.1. The molecule has 0 unspecified atom stereocenters. The van der Waals surface area contributed by atoms with Crippen LogP contribution in [-0.2, 0) is 6.54 Å². The van der Waals surface area contributed by atoms with E-state index in [9.17, 15) is 14.7 Å². The van der Waals surface area contributed by atoms with Crippen LogP contribution in [-0.4, -0.2) is 16.9 Å². The number of carbonyl (C=O) groups excluding carboxylic acids is 2. The fourth-order valence-electron chi connectivity index (χ4n) is 3.56. The van der Waals surface area contributed by atoms with E-state index in [4.69, 9.17) is 9.47 Å². The van der Waals surface area contributed by atoms with Gasteiger partial charge in [0, 0.05) is 12.1 Å². The van der Waals surface area contributed by atoms with Crippen molar-refractivity contribution in [2.75, 3.05) is 5.32 Å². The average molecular weight is 452 g/mol. The highest BCUT2D eigenvalue weighted by Gasteiger charge is 2.21. The maximum atomic E-state index is 12.8. The van der Waals surface area contributed by atoms with Crippen LogP contribution in [0.25, 0.3) is 0 Å². The number of carbonyl (C=O) groups is 2. The number of hydrogen-bond acceptors (Lipinski definition) is 5. The smallest absolute Gasteiger partial charge is 0.259 e. The van der Waals surface area contributed by atoms with E-state index in [0.29, 0.717) is 39.8 Å². The van der Waals surface area contributed by atoms with E-state index in [-0.39, 0.29) is 24.1 Å². The largest absolute Gasteiger partial charge is 0.508 e. The zero-order valence-corrected chi connectivity index (χ0v) is 17.9. The summed E-state index contributed by atoms with van der Waals surface area (Å²) < 4.78 is 11.7. The van der Waals surface area contributed by atoms with Crippen LogP contribution in [0.3, 0.4) is 0 Å². The van der Waals surface area contributed by atoms with Crippen molar-refractivity contribution in [3.8, 4) is 28.7 Å². The summed E-state index contributed by atoms with van der Waals surface area (Å²) in [5.74, 6) is 1.72. The number of para-hydroxylation sites is 1. The van der Waals surface area contributed by atoms with Crippen LogP contribution in [0.1, 0.15) is 26.3 Å². The Labute approximate surface area is 195 Å². The molecule has 5 rings (SSSR count). The second-order valence-electron chi connectivity index (χ2n) is 7.69. The molecule has 168 valence electrons. The third-order valence-electron chi connectivity index (χ3n) is 5.27. The zero-order chi connectivity index (χ0) is 23.5. The van der Waals surface area contributed by atoms with Crippen LogP contribution in [0.5, 0.6) is 28.7 Å². The molecule has 0 aromatic heterocycles. The molecule has 0 radical (unpaired) electrons. The molecule has 7 nitrogen and oxygen atoms in total. The second-order valence-corrected chi connectivity index (χ2v) is 7.69. The van der Waals surface area contributed by atoms with Gasteiger partial charge in [-0.3, -0.25) is 9.59 Å². The molecule has 7 heteroatoms. The number of aromatic hydroxyl groups is 1. The molecule has 0 saturated heterocycles. The van der Waals surface area contributed by atoms with Crippen molar-refractivity contribution in [1.82, 2.24) is 5.32 Å². The predicted octanol–water partition coefficient (Wildman–Crippen LogP) is 5.47. The van der Waals surface area contributed by atoms with Crippen molar-refractivity contribution in [1.29, 1.82) is 0 Å². The summed E-state index contributed by atoms with van der Waals surface area (Å²) in [6, 6.07) is 25.7. The molecule has 1 heterocycles. The van der Waals surface area contributed by atoms with E-state index < -0.39 is 0 Å². The van der Waals surface area contributed by atoms with Crippen molar-refractivity contribution < 1.29 is 24.2 Å². The van der Waals surface area contributed by atoms with Crippen LogP contribution in [0, 0.1) is 0 Å². The standard InChI is InChI=1S/C27H20N2O5/c30-19-9-11-20(12-10-19)33-21-5-3-4-17(14-21)16-28-26(31)18-8-13-25-23(15-18)29-27(32)22-6-1-2-7-24(22)34-25/h1-15,30H,16H2,(H,28,31)(H,29,32). The van der Waals surface area contributed by atoms with E-state index >= 15 is 0 Å². The highest BCUT2D eigenvalue weighted by Crippen LogP contribution is 2.36. The van der Waals surface area contributed by atoms with E-state index in [1.54, 1.807) is 66.7 Å². The van der Waals surface area contributed by atoms with E-state index in [1.807, 2.05) is 24.3 Å². The summed E-state index contributed by atoms with van der Waals surface area (Å²) in [6.07, 6.45) is 0. The van der Waals surface area contributed by atoms with Crippen molar-refractivity contribution in [3.05, 3.63) is 108 Å². The molecule has 34 heavy (non-hydrogen) atoms. The lowest BCUT2D eigenvalue weighted by atomic mass is 10.1. The molecular formula is C27H20N2O5. The SMILES string of the molecule is O=C(NCc1cccc(Oc2ccc(O)cc2)c1)c1ccc2c(c1)NC(=O)c1ccccc1O2. The van der Waals surface area contributed by atoms with Gasteiger partial charge >= 0.3 is 0 Å². The van der Waals surface area contributed by atoms with Gasteiger partial charge in [-0.05, 0) is 72.3 Å². The fourth-order valence-corrected chi connectivity index (χ4v) is 3.56. The maximum absolute atomic E-state index is 12.8. The van der Waals surface area contributed by atoms with Gasteiger partial charge < -0.3 is 25.2 Å². The molecule has 3 N–H and O–H groups in total. The van der Waals surface area contributed by atoms with Gasteiger partial charge in [0.2, 0.25) is 0 Å². The van der Waals surface area contributed by atoms with Crippen LogP contribution in [0.2, 0.25) is 0 Å². The molecule has 0 saturated carbocycles. The molecule has 2 amide bonds. The molecule has 0 fully saturated rings. The third kappa shape index (κ3) is 4.54. The first-order chi connectivity index (χ1) is 16.5. The Bertz CT molecular complexity index is 1380. The molecule has 0 spiro atoms. The minimum atomic E-state index is -0.294. The van der Waals surface area contributed by atoms with E-state index in [2.05, 4.69) is 10.6 Å². The fraction of sp³-hybridized carbons (Fsp3) is 0.0370. The lowest BCUT2D eigenvalue weighted by Crippen LogP contribution is -2.23. The van der Waals surface area contributed by atoms with Crippen molar-refractivity contribution >= 4 is 17.5 Å².